The summed E-state index contributed by atoms with van der Waals surface area (Å²) in [7, 11) is 0. The molecule has 0 spiro atoms. The van der Waals surface area contributed by atoms with Crippen LogP contribution in [-0.2, 0) is 11.3 Å². The maximum atomic E-state index is 12.8. The molecule has 2 heterocycles. The summed E-state index contributed by atoms with van der Waals surface area (Å²) in [5, 5.41) is 0. The molecule has 144 valence electrons. The van der Waals surface area contributed by atoms with Gasteiger partial charge in [-0.05, 0) is 49.3 Å². The number of rotatable bonds is 4. The molecule has 0 N–H and O–H groups in total. The summed E-state index contributed by atoms with van der Waals surface area (Å²) < 4.78 is 5.61. The van der Waals surface area contributed by atoms with Crippen molar-refractivity contribution in [1.82, 2.24) is 4.90 Å². The second-order valence-electron chi connectivity index (χ2n) is 7.63. The smallest absolute Gasteiger partial charge is 0.410 e. The number of fused-ring (bicyclic) bond motifs is 2. The van der Waals surface area contributed by atoms with Gasteiger partial charge in [0.05, 0.1) is 6.04 Å². The van der Waals surface area contributed by atoms with Crippen molar-refractivity contribution in [2.24, 2.45) is 0 Å². The van der Waals surface area contributed by atoms with Gasteiger partial charge >= 0.3 is 6.09 Å². The first-order chi connectivity index (χ1) is 13.6. The fourth-order valence-corrected chi connectivity index (χ4v) is 4.24. The number of ether oxygens (including phenoxy) is 1. The lowest BCUT2D eigenvalue weighted by Crippen LogP contribution is -2.51. The molecule has 0 aromatic heterocycles. The summed E-state index contributed by atoms with van der Waals surface area (Å²) in [6.45, 7) is 1.89. The molecule has 4 nitrogen and oxygen atoms in total. The Morgan fingerprint density at radius 2 is 1.79 bits per heavy atom. The highest BCUT2D eigenvalue weighted by atomic mass is 16.6. The predicted octanol–water partition coefficient (Wildman–Crippen LogP) is 5.24. The molecule has 1 amide bonds. The Morgan fingerprint density at radius 1 is 1.04 bits per heavy atom. The normalized spacial score (nSPS) is 21.0. The summed E-state index contributed by atoms with van der Waals surface area (Å²) >= 11 is 0. The van der Waals surface area contributed by atoms with Crippen molar-refractivity contribution in [2.45, 2.75) is 51.3 Å². The SMILES string of the molecule is CC(=O)c1ccc(C2=CC3CCCC(C2)N3C(=O)OCc2ccccc2)cc1. The number of hydrogen-bond acceptors (Lipinski definition) is 3. The number of amides is 1. The zero-order valence-corrected chi connectivity index (χ0v) is 16.1. The number of piperidine rings is 1. The number of carbonyl (C=O) groups is 2. The van der Waals surface area contributed by atoms with E-state index in [2.05, 4.69) is 6.08 Å². The van der Waals surface area contributed by atoms with Gasteiger partial charge in [-0.25, -0.2) is 4.79 Å². The largest absolute Gasteiger partial charge is 0.445 e. The number of benzene rings is 2. The Hall–Kier alpha value is -2.88. The fraction of sp³-hybridized carbons (Fsp3) is 0.333. The molecule has 2 aliphatic heterocycles. The maximum Gasteiger partial charge on any atom is 0.410 e. The molecule has 2 aromatic carbocycles. The Bertz CT molecular complexity index is 886. The van der Waals surface area contributed by atoms with Crippen LogP contribution in [0.5, 0.6) is 0 Å². The zero-order chi connectivity index (χ0) is 19.5. The van der Waals surface area contributed by atoms with Crippen molar-refractivity contribution < 1.29 is 14.3 Å². The zero-order valence-electron chi connectivity index (χ0n) is 16.1. The summed E-state index contributed by atoms with van der Waals surface area (Å²) in [6, 6.07) is 17.8. The minimum absolute atomic E-state index is 0.0772. The minimum Gasteiger partial charge on any atom is -0.445 e. The highest BCUT2D eigenvalue weighted by Crippen LogP contribution is 2.37. The molecule has 2 aromatic rings. The summed E-state index contributed by atoms with van der Waals surface area (Å²) in [5.41, 5.74) is 4.13. The van der Waals surface area contributed by atoms with E-state index in [4.69, 9.17) is 4.74 Å². The van der Waals surface area contributed by atoms with Gasteiger partial charge in [-0.3, -0.25) is 9.69 Å². The van der Waals surface area contributed by atoms with Gasteiger partial charge in [-0.15, -0.1) is 0 Å². The third kappa shape index (κ3) is 3.86. The fourth-order valence-electron chi connectivity index (χ4n) is 4.24. The Labute approximate surface area is 165 Å². The highest BCUT2D eigenvalue weighted by molar-refractivity contribution is 5.94. The van der Waals surface area contributed by atoms with Gasteiger partial charge in [-0.1, -0.05) is 60.7 Å². The van der Waals surface area contributed by atoms with E-state index in [9.17, 15) is 9.59 Å². The van der Waals surface area contributed by atoms with E-state index < -0.39 is 0 Å². The van der Waals surface area contributed by atoms with Gasteiger partial charge in [0.15, 0.2) is 5.78 Å². The van der Waals surface area contributed by atoms with Gasteiger partial charge in [-0.2, -0.15) is 0 Å². The van der Waals surface area contributed by atoms with Crippen LogP contribution in [0.1, 0.15) is 54.1 Å². The highest BCUT2D eigenvalue weighted by Gasteiger charge is 2.38. The van der Waals surface area contributed by atoms with Crippen molar-refractivity contribution in [2.75, 3.05) is 0 Å². The summed E-state index contributed by atoms with van der Waals surface area (Å²) in [6.07, 6.45) is 5.91. The monoisotopic (exact) mass is 375 g/mol. The predicted molar refractivity (Wildman–Crippen MR) is 109 cm³/mol. The topological polar surface area (TPSA) is 46.6 Å². The molecular formula is C24H25NO3. The molecule has 1 fully saturated rings. The van der Waals surface area contributed by atoms with Crippen molar-refractivity contribution >= 4 is 17.4 Å². The quantitative estimate of drug-likeness (QED) is 0.687. The van der Waals surface area contributed by atoms with E-state index in [1.54, 1.807) is 6.92 Å². The lowest BCUT2D eigenvalue weighted by atomic mass is 9.83. The lowest BCUT2D eigenvalue weighted by Gasteiger charge is -2.44. The molecule has 2 aliphatic rings. The first kappa shape index (κ1) is 18.5. The molecule has 2 unspecified atom stereocenters. The van der Waals surface area contributed by atoms with E-state index >= 15 is 0 Å². The van der Waals surface area contributed by atoms with Crippen LogP contribution in [-0.4, -0.2) is 28.9 Å². The number of ketones is 1. The van der Waals surface area contributed by atoms with Crippen molar-refractivity contribution in [3.05, 3.63) is 77.4 Å². The first-order valence-corrected chi connectivity index (χ1v) is 9.93. The van der Waals surface area contributed by atoms with Crippen molar-refractivity contribution in [1.29, 1.82) is 0 Å². The lowest BCUT2D eigenvalue weighted by molar-refractivity contribution is 0.0510. The maximum absolute atomic E-state index is 12.8. The molecule has 0 saturated carbocycles. The van der Waals surface area contributed by atoms with Crippen LogP contribution in [0.15, 0.2) is 60.7 Å². The van der Waals surface area contributed by atoms with Crippen LogP contribution in [0, 0.1) is 0 Å². The van der Waals surface area contributed by atoms with Crippen molar-refractivity contribution in [3.8, 4) is 0 Å². The average Bonchev–Trinajstić information content (AvgIpc) is 2.72. The van der Waals surface area contributed by atoms with Gasteiger partial charge in [0.2, 0.25) is 0 Å². The second-order valence-corrected chi connectivity index (χ2v) is 7.63. The summed E-state index contributed by atoms with van der Waals surface area (Å²) in [4.78, 5) is 26.2. The molecule has 0 radical (unpaired) electrons. The van der Waals surface area contributed by atoms with Crippen LogP contribution in [0.4, 0.5) is 4.79 Å². The van der Waals surface area contributed by atoms with E-state index in [0.29, 0.717) is 6.61 Å². The molecule has 4 rings (SSSR count). The Kier molecular flexibility index (Phi) is 5.29. The average molecular weight is 375 g/mol. The minimum atomic E-state index is -0.221. The first-order valence-electron chi connectivity index (χ1n) is 9.93. The molecule has 1 saturated heterocycles. The number of hydrogen-bond donors (Lipinski definition) is 0. The third-order valence-electron chi connectivity index (χ3n) is 5.72. The van der Waals surface area contributed by atoms with E-state index in [1.165, 1.54) is 5.57 Å². The molecule has 4 heteroatoms. The number of carbonyl (C=O) groups excluding carboxylic acids is 2. The van der Waals surface area contributed by atoms with Crippen LogP contribution in [0.3, 0.4) is 0 Å². The van der Waals surface area contributed by atoms with E-state index in [-0.39, 0.29) is 24.0 Å². The molecule has 2 bridgehead atoms. The second kappa shape index (κ2) is 8.01. The standard InChI is InChI=1S/C24H25NO3/c1-17(26)19-10-12-20(13-11-19)21-14-22-8-5-9-23(15-21)25(22)24(27)28-16-18-6-3-2-4-7-18/h2-4,6-7,10-14,22-23H,5,8-9,15-16H2,1H3. The number of Topliss-reactive ketones (excluding diaryl/α,β-unsaturated/α-hetero) is 1. The van der Waals surface area contributed by atoms with Crippen LogP contribution in [0.25, 0.3) is 5.57 Å². The van der Waals surface area contributed by atoms with E-state index in [1.807, 2.05) is 59.5 Å². The van der Waals surface area contributed by atoms with Crippen LogP contribution >= 0.6 is 0 Å². The van der Waals surface area contributed by atoms with Gasteiger partial charge < -0.3 is 4.74 Å². The van der Waals surface area contributed by atoms with Gasteiger partial charge in [0, 0.05) is 11.6 Å². The number of nitrogens with zero attached hydrogens (tertiary/aromatic N) is 1. The molecule has 0 aliphatic carbocycles. The molecule has 28 heavy (non-hydrogen) atoms. The Balaban J connectivity index is 1.49. The van der Waals surface area contributed by atoms with Gasteiger partial charge in [0.25, 0.3) is 0 Å². The van der Waals surface area contributed by atoms with E-state index in [0.717, 1.165) is 42.4 Å². The van der Waals surface area contributed by atoms with Gasteiger partial charge in [0.1, 0.15) is 6.61 Å². The third-order valence-corrected chi connectivity index (χ3v) is 5.72. The van der Waals surface area contributed by atoms with Crippen LogP contribution < -0.4 is 0 Å². The summed E-state index contributed by atoms with van der Waals surface area (Å²) in [5.74, 6) is 0.0772. The molecule has 2 atom stereocenters. The van der Waals surface area contributed by atoms with Crippen molar-refractivity contribution in [3.63, 3.8) is 0 Å². The Morgan fingerprint density at radius 3 is 2.46 bits per heavy atom. The van der Waals surface area contributed by atoms with Crippen LogP contribution in [0.2, 0.25) is 0 Å². The molecular weight excluding hydrogens is 350 g/mol.